The molecule has 0 aliphatic carbocycles. The Morgan fingerprint density at radius 2 is 1.45 bits per heavy atom. The van der Waals surface area contributed by atoms with Gasteiger partial charge in [0.25, 0.3) is 0 Å². The van der Waals surface area contributed by atoms with Gasteiger partial charge >= 0.3 is 6.09 Å². The Morgan fingerprint density at radius 3 is 1.90 bits per heavy atom. The van der Waals surface area contributed by atoms with E-state index < -0.39 is 6.09 Å². The molecule has 4 nitrogen and oxygen atoms in total. The lowest BCUT2D eigenvalue weighted by molar-refractivity contribution is 0.101. The molecular weight excluding hydrogens is 274 g/mol. The number of primary amides is 1. The highest BCUT2D eigenvalue weighted by atomic mass is 32.2. The van der Waals surface area contributed by atoms with Crippen LogP contribution in [-0.2, 0) is 0 Å². The van der Waals surface area contributed by atoms with Gasteiger partial charge in [0, 0.05) is 15.4 Å². The molecule has 2 aromatic carbocycles. The van der Waals surface area contributed by atoms with Gasteiger partial charge in [0.05, 0.1) is 0 Å². The normalized spacial score (nSPS) is 10.1. The molecule has 0 bridgehead atoms. The lowest BCUT2D eigenvalue weighted by Gasteiger charge is -2.04. The van der Waals surface area contributed by atoms with E-state index in [1.54, 1.807) is 43.0 Å². The summed E-state index contributed by atoms with van der Waals surface area (Å²) in [7, 11) is 0. The molecule has 2 aromatic rings. The van der Waals surface area contributed by atoms with Gasteiger partial charge in [0.1, 0.15) is 5.75 Å². The summed E-state index contributed by atoms with van der Waals surface area (Å²) in [5, 5.41) is 0. The summed E-state index contributed by atoms with van der Waals surface area (Å²) in [6.45, 7) is 1.54. The first-order valence-corrected chi connectivity index (χ1v) is 6.72. The van der Waals surface area contributed by atoms with Crippen LogP contribution in [0.5, 0.6) is 5.75 Å². The van der Waals surface area contributed by atoms with Gasteiger partial charge in [-0.25, -0.2) is 4.79 Å². The van der Waals surface area contributed by atoms with Crippen LogP contribution in [0.15, 0.2) is 58.3 Å². The molecule has 0 heterocycles. The van der Waals surface area contributed by atoms with Crippen molar-refractivity contribution >= 4 is 23.6 Å². The minimum Gasteiger partial charge on any atom is -0.411 e. The van der Waals surface area contributed by atoms with Crippen LogP contribution in [0.2, 0.25) is 0 Å². The van der Waals surface area contributed by atoms with Crippen LogP contribution in [0.4, 0.5) is 4.79 Å². The quantitative estimate of drug-likeness (QED) is 0.874. The molecule has 0 spiro atoms. The van der Waals surface area contributed by atoms with E-state index >= 15 is 0 Å². The molecule has 0 unspecified atom stereocenters. The van der Waals surface area contributed by atoms with Gasteiger partial charge < -0.3 is 10.5 Å². The summed E-state index contributed by atoms with van der Waals surface area (Å²) in [5.41, 5.74) is 5.62. The second kappa shape index (κ2) is 6.25. The molecule has 5 heteroatoms. The van der Waals surface area contributed by atoms with Crippen LogP contribution in [0.25, 0.3) is 0 Å². The zero-order valence-electron chi connectivity index (χ0n) is 10.8. The third kappa shape index (κ3) is 3.86. The zero-order chi connectivity index (χ0) is 14.5. The molecular formula is C15H13NO3S. The summed E-state index contributed by atoms with van der Waals surface area (Å²) in [6, 6.07) is 14.4. The van der Waals surface area contributed by atoms with Gasteiger partial charge in [-0.05, 0) is 43.3 Å². The van der Waals surface area contributed by atoms with E-state index in [1.165, 1.54) is 0 Å². The number of ketones is 1. The van der Waals surface area contributed by atoms with Gasteiger partial charge in [-0.2, -0.15) is 0 Å². The first-order chi connectivity index (χ1) is 9.54. The molecule has 0 radical (unpaired) electrons. The summed E-state index contributed by atoms with van der Waals surface area (Å²) < 4.78 is 4.75. The van der Waals surface area contributed by atoms with Crippen molar-refractivity contribution < 1.29 is 14.3 Å². The van der Waals surface area contributed by atoms with E-state index in [1.807, 2.05) is 24.3 Å². The van der Waals surface area contributed by atoms with Crippen molar-refractivity contribution in [2.75, 3.05) is 0 Å². The largest absolute Gasteiger partial charge is 0.411 e. The van der Waals surface area contributed by atoms with E-state index in [4.69, 9.17) is 10.5 Å². The van der Waals surface area contributed by atoms with Crippen molar-refractivity contribution in [1.29, 1.82) is 0 Å². The summed E-state index contributed by atoms with van der Waals surface area (Å²) in [5.74, 6) is 0.461. The molecule has 1 amide bonds. The first-order valence-electron chi connectivity index (χ1n) is 5.91. The summed E-state index contributed by atoms with van der Waals surface area (Å²) >= 11 is 1.55. The third-order valence-electron chi connectivity index (χ3n) is 2.54. The first kappa shape index (κ1) is 14.1. The van der Waals surface area contributed by atoms with Crippen LogP contribution in [0.1, 0.15) is 17.3 Å². The van der Waals surface area contributed by atoms with Gasteiger partial charge in [-0.3, -0.25) is 4.79 Å². The lowest BCUT2D eigenvalue weighted by atomic mass is 10.2. The second-order valence-corrected chi connectivity index (χ2v) is 5.22. The molecule has 0 aliphatic heterocycles. The molecule has 0 fully saturated rings. The Bertz CT molecular complexity index is 621. The van der Waals surface area contributed by atoms with Gasteiger partial charge in [-0.1, -0.05) is 23.9 Å². The maximum atomic E-state index is 11.2. The van der Waals surface area contributed by atoms with Gasteiger partial charge in [0.15, 0.2) is 5.78 Å². The lowest BCUT2D eigenvalue weighted by Crippen LogP contribution is -2.16. The van der Waals surface area contributed by atoms with Crippen LogP contribution in [-0.4, -0.2) is 11.9 Å². The molecule has 2 N–H and O–H groups in total. The Hall–Kier alpha value is -2.27. The highest BCUT2D eigenvalue weighted by Crippen LogP contribution is 2.29. The number of amides is 1. The second-order valence-electron chi connectivity index (χ2n) is 4.08. The van der Waals surface area contributed by atoms with Gasteiger partial charge in [0.2, 0.25) is 0 Å². The Balaban J connectivity index is 2.06. The smallest absolute Gasteiger partial charge is 0.409 e. The Labute approximate surface area is 120 Å². The Kier molecular flexibility index (Phi) is 4.42. The summed E-state index contributed by atoms with van der Waals surface area (Å²) in [6.07, 6.45) is -0.828. The predicted octanol–water partition coefficient (Wildman–Crippen LogP) is 3.50. The average molecular weight is 287 g/mol. The molecule has 2 rings (SSSR count). The number of carbonyl (C=O) groups is 2. The highest BCUT2D eigenvalue weighted by molar-refractivity contribution is 7.99. The number of hydrogen-bond donors (Lipinski definition) is 1. The van der Waals surface area contributed by atoms with Crippen molar-refractivity contribution in [3.63, 3.8) is 0 Å². The standard InChI is InChI=1S/C15H13NO3S/c1-10(17)11-2-6-13(7-3-11)20-14-8-4-12(5-9-14)19-15(16)18/h2-9H,1H3,(H2,16,18). The SMILES string of the molecule is CC(=O)c1ccc(Sc2ccc(OC(N)=O)cc2)cc1. The van der Waals surface area contributed by atoms with E-state index in [9.17, 15) is 9.59 Å². The number of Topliss-reactive ketones (excluding diaryl/α,β-unsaturated/α-hetero) is 1. The monoisotopic (exact) mass is 287 g/mol. The molecule has 0 saturated carbocycles. The minimum absolute atomic E-state index is 0.0505. The molecule has 0 aliphatic rings. The number of benzene rings is 2. The van der Waals surface area contributed by atoms with E-state index in [0.29, 0.717) is 11.3 Å². The average Bonchev–Trinajstić information content (AvgIpc) is 2.41. The number of rotatable bonds is 4. The van der Waals surface area contributed by atoms with Gasteiger partial charge in [-0.15, -0.1) is 0 Å². The fourth-order valence-electron chi connectivity index (χ4n) is 1.59. The van der Waals surface area contributed by atoms with E-state index in [2.05, 4.69) is 0 Å². The topological polar surface area (TPSA) is 69.4 Å². The van der Waals surface area contributed by atoms with Crippen LogP contribution in [0, 0.1) is 0 Å². The van der Waals surface area contributed by atoms with Crippen molar-refractivity contribution in [3.05, 3.63) is 54.1 Å². The predicted molar refractivity (Wildman–Crippen MR) is 77.2 cm³/mol. The highest BCUT2D eigenvalue weighted by Gasteiger charge is 2.02. The minimum atomic E-state index is -0.828. The third-order valence-corrected chi connectivity index (χ3v) is 3.55. The van der Waals surface area contributed by atoms with Crippen LogP contribution in [0.3, 0.4) is 0 Å². The van der Waals surface area contributed by atoms with Crippen molar-refractivity contribution in [3.8, 4) is 5.75 Å². The molecule has 0 saturated heterocycles. The maximum Gasteiger partial charge on any atom is 0.409 e. The molecule has 102 valence electrons. The number of hydrogen-bond acceptors (Lipinski definition) is 4. The number of carbonyl (C=O) groups excluding carboxylic acids is 2. The van der Waals surface area contributed by atoms with Crippen LogP contribution < -0.4 is 10.5 Å². The molecule has 0 atom stereocenters. The maximum absolute atomic E-state index is 11.2. The van der Waals surface area contributed by atoms with Crippen molar-refractivity contribution in [2.24, 2.45) is 5.73 Å². The van der Waals surface area contributed by atoms with E-state index in [0.717, 1.165) is 9.79 Å². The Morgan fingerprint density at radius 1 is 0.950 bits per heavy atom. The van der Waals surface area contributed by atoms with Crippen LogP contribution >= 0.6 is 11.8 Å². The molecule has 20 heavy (non-hydrogen) atoms. The number of nitrogens with two attached hydrogens (primary N) is 1. The fraction of sp³-hybridized carbons (Fsp3) is 0.0667. The summed E-state index contributed by atoms with van der Waals surface area (Å²) in [4.78, 5) is 23.8. The van der Waals surface area contributed by atoms with Crippen molar-refractivity contribution in [1.82, 2.24) is 0 Å². The zero-order valence-corrected chi connectivity index (χ0v) is 11.6. The number of ether oxygens (including phenoxy) is 1. The fourth-order valence-corrected chi connectivity index (χ4v) is 2.40. The van der Waals surface area contributed by atoms with Crippen molar-refractivity contribution in [2.45, 2.75) is 16.7 Å². The van der Waals surface area contributed by atoms with E-state index in [-0.39, 0.29) is 5.78 Å². The molecule has 0 aromatic heterocycles.